The van der Waals surface area contributed by atoms with Gasteiger partial charge >= 0.3 is 5.97 Å². The first kappa shape index (κ1) is 107. The molecule has 4 fully saturated rings. The molecule has 0 atom stereocenters. The number of furan rings is 4. The van der Waals surface area contributed by atoms with E-state index in [1.807, 2.05) is 155 Å². The molecule has 0 bridgehead atoms. The van der Waals surface area contributed by atoms with E-state index in [-0.39, 0.29) is 97.8 Å². The molecular formula is C116H122Cl4FN17O12. The van der Waals surface area contributed by atoms with Crippen LogP contribution >= 0.6 is 46.4 Å². The van der Waals surface area contributed by atoms with Crippen molar-refractivity contribution in [2.75, 3.05) is 88.3 Å². The van der Waals surface area contributed by atoms with Gasteiger partial charge in [-0.2, -0.15) is 0 Å². The van der Waals surface area contributed by atoms with Crippen LogP contribution in [0.2, 0.25) is 20.1 Å². The molecule has 34 heteroatoms. The van der Waals surface area contributed by atoms with Crippen molar-refractivity contribution in [1.29, 1.82) is 0 Å². The first-order valence-corrected chi connectivity index (χ1v) is 51.4. The second-order valence-corrected chi connectivity index (χ2v) is 46.6. The number of fused-ring (bicyclic) bond motifs is 4. The first-order chi connectivity index (χ1) is 70.5. The molecule has 0 saturated carbocycles. The Morgan fingerprint density at radius 3 is 1.13 bits per heavy atom. The van der Waals surface area contributed by atoms with Crippen molar-refractivity contribution in [3.63, 3.8) is 0 Å². The Bertz CT molecular complexity index is 7840. The largest absolute Gasteiger partial charge is 0.477 e. The van der Waals surface area contributed by atoms with Crippen LogP contribution in [-0.4, -0.2) is 224 Å². The van der Waals surface area contributed by atoms with Gasteiger partial charge in [-0.1, -0.05) is 166 Å². The van der Waals surface area contributed by atoms with Gasteiger partial charge in [0.1, 0.15) is 44.7 Å². The van der Waals surface area contributed by atoms with Crippen molar-refractivity contribution < 1.29 is 60.7 Å². The van der Waals surface area contributed by atoms with Crippen LogP contribution in [0.4, 0.5) is 16.0 Å². The molecule has 10 aromatic heterocycles. The third-order valence-electron chi connectivity index (χ3n) is 28.0. The number of carbonyl (C=O) groups is 7. The smallest absolute Gasteiger partial charge is 0.354 e. The number of rotatable bonds is 13. The van der Waals surface area contributed by atoms with Crippen LogP contribution in [0.1, 0.15) is 225 Å². The monoisotopic (exact) mass is 2100 g/mol. The zero-order valence-corrected chi connectivity index (χ0v) is 91.3. The Kier molecular flexibility index (Phi) is 29.1. The fourth-order valence-corrected chi connectivity index (χ4v) is 20.1. The summed E-state index contributed by atoms with van der Waals surface area (Å²) in [5, 5.41) is 11.2. The van der Waals surface area contributed by atoms with Gasteiger partial charge in [-0.25, -0.2) is 44.1 Å². The molecular weight excluding hydrogens is 1980 g/mol. The van der Waals surface area contributed by atoms with Gasteiger partial charge in [-0.3, -0.25) is 43.7 Å². The normalized spacial score (nSPS) is 16.6. The molecule has 4 saturated heterocycles. The highest BCUT2D eigenvalue weighted by Crippen LogP contribution is 2.45. The number of aromatic carboxylic acids is 1. The van der Waals surface area contributed by atoms with Gasteiger partial charge in [0.05, 0.1) is 75.2 Å². The third-order valence-corrected chi connectivity index (χ3v) is 29.2. The molecule has 14 aromatic rings. The summed E-state index contributed by atoms with van der Waals surface area (Å²) < 4.78 is 39.0. The van der Waals surface area contributed by atoms with E-state index >= 15 is 0 Å². The molecule has 6 aliphatic rings. The third kappa shape index (κ3) is 21.9. The van der Waals surface area contributed by atoms with Crippen LogP contribution in [0.3, 0.4) is 0 Å². The minimum Gasteiger partial charge on any atom is -0.477 e. The number of piperazine rings is 4. The van der Waals surface area contributed by atoms with Gasteiger partial charge in [0.25, 0.3) is 35.4 Å². The van der Waals surface area contributed by atoms with E-state index in [0.717, 1.165) is 104 Å². The Hall–Kier alpha value is -14.3. The molecule has 20 rings (SSSR count). The molecule has 0 aliphatic carbocycles. The van der Waals surface area contributed by atoms with Gasteiger partial charge in [0.15, 0.2) is 45.4 Å². The molecule has 6 amide bonds. The Balaban J connectivity index is 0.000000136. The van der Waals surface area contributed by atoms with Gasteiger partial charge in [0, 0.05) is 174 Å². The summed E-state index contributed by atoms with van der Waals surface area (Å²) in [7, 11) is 0. The lowest BCUT2D eigenvalue weighted by Gasteiger charge is -2.47. The minimum absolute atomic E-state index is 0.000773. The number of allylic oxidation sites excluding steroid dienone is 2. The van der Waals surface area contributed by atoms with Gasteiger partial charge < -0.3 is 57.1 Å². The molecule has 1 N–H and O–H groups in total. The summed E-state index contributed by atoms with van der Waals surface area (Å²) in [6, 6.07) is 45.3. The quantitative estimate of drug-likeness (QED) is 0.112. The van der Waals surface area contributed by atoms with Crippen LogP contribution < -0.4 is 9.80 Å². The van der Waals surface area contributed by atoms with Gasteiger partial charge in [0.2, 0.25) is 5.95 Å². The van der Waals surface area contributed by atoms with Crippen LogP contribution in [0.15, 0.2) is 215 Å². The number of pyridine rings is 5. The predicted octanol–water partition coefficient (Wildman–Crippen LogP) is 24.0. The molecule has 778 valence electrons. The van der Waals surface area contributed by atoms with Gasteiger partial charge in [-0.05, 0) is 200 Å². The molecule has 6 aliphatic heterocycles. The fraction of sp³-hybridized carbons (Fsp3) is 0.362. The first-order valence-electron chi connectivity index (χ1n) is 49.9. The summed E-state index contributed by atoms with van der Waals surface area (Å²) in [6.07, 6.45) is 10.9. The standard InChI is InChI=1S/C30H31ClN4O4.C29H29ClFN5O3.C29H31ClN4O3.C28H31ClN4O2/c1-29(2,3)21-14-23(18-6-8-19(31)9-7-18)33-24-15-25(39-26(21)24)27(36)35-13-12-34(17-30(35,4)5)20-10-11-22(28(37)38)32-16-20;1-16-9-10-32-27(33-16)35-11-12-36(29(5,6)26(35)38)25(37)23-15-22-24(39-23)18(28(2,3)4)14-21(34-22)17-7-8-19(30)20(31)13-17;1-17-13-18(7-8-21(17)30)22-14-20(28(2,3)4)25-23(32-22)15-24(37-25)26(35)34-12-11-33(19-9-10-31-16-19)27(36)29(34,5)6;1-27(2,3)21-14-22(18-6-8-19(29)9-7-18)31-23-15-24(35-25(21)23)26(34)33-13-12-32(17-28(33,4)5)20-10-11-30-16-20/h6-11,14-16H,12-13,17H2,1-5H3,(H,37,38);7-10,13-15H,11-12H2,1-6H3;7-9,13-16H,10-12H2,1-6H3;6-10,14-16H,11-13,17H2,1-5H3. The number of aryl methyl sites for hydroxylation is 2. The summed E-state index contributed by atoms with van der Waals surface area (Å²) in [5.41, 5.74) is 15.1. The Morgan fingerprint density at radius 1 is 0.393 bits per heavy atom. The summed E-state index contributed by atoms with van der Waals surface area (Å²) >= 11 is 24.3. The van der Waals surface area contributed by atoms with E-state index < -0.39 is 34.3 Å². The minimum atomic E-state index is -1.17. The van der Waals surface area contributed by atoms with E-state index in [9.17, 15) is 38.0 Å². The number of nitrogens with zero attached hydrogens (tertiary/aromatic N) is 17. The van der Waals surface area contributed by atoms with E-state index in [0.29, 0.717) is 128 Å². The van der Waals surface area contributed by atoms with Crippen LogP contribution in [0.5, 0.6) is 0 Å². The van der Waals surface area contributed by atoms with Crippen molar-refractivity contribution in [2.45, 2.75) is 196 Å². The highest BCUT2D eigenvalue weighted by molar-refractivity contribution is 6.32. The van der Waals surface area contributed by atoms with E-state index in [1.165, 1.54) is 28.0 Å². The molecule has 16 heterocycles. The van der Waals surface area contributed by atoms with Crippen molar-refractivity contribution in [3.8, 4) is 45.0 Å². The van der Waals surface area contributed by atoms with Crippen molar-refractivity contribution >= 4 is 156 Å². The molecule has 0 radical (unpaired) electrons. The number of hydrogen-bond donors (Lipinski definition) is 1. The summed E-state index contributed by atoms with van der Waals surface area (Å²) in [4.78, 5) is 148. The van der Waals surface area contributed by atoms with Crippen LogP contribution in [0, 0.1) is 19.7 Å². The van der Waals surface area contributed by atoms with E-state index in [2.05, 4.69) is 128 Å². The summed E-state index contributed by atoms with van der Waals surface area (Å²) in [5.74, 6) is -1.93. The number of carboxylic acids is 1. The Morgan fingerprint density at radius 2 is 0.760 bits per heavy atom. The number of aliphatic imine (C=N–C) groups is 2. The lowest BCUT2D eigenvalue weighted by atomic mass is 9.86. The van der Waals surface area contributed by atoms with E-state index in [4.69, 9.17) is 84.1 Å². The highest BCUT2D eigenvalue weighted by Gasteiger charge is 2.50. The highest BCUT2D eigenvalue weighted by atomic mass is 35.5. The number of hydrogen-bond acceptors (Lipinski definition) is 22. The molecule has 150 heavy (non-hydrogen) atoms. The fourth-order valence-electron chi connectivity index (χ4n) is 19.6. The zero-order chi connectivity index (χ0) is 108. The maximum atomic E-state index is 14.2. The second kappa shape index (κ2) is 40.9. The molecule has 4 aromatic carbocycles. The second-order valence-electron chi connectivity index (χ2n) is 44.9. The number of benzene rings is 4. The number of amides is 6. The van der Waals surface area contributed by atoms with Crippen molar-refractivity contribution in [1.82, 2.24) is 64.3 Å². The average molecular weight is 2110 g/mol. The van der Waals surface area contributed by atoms with Crippen LogP contribution in [-0.2, 0) is 31.2 Å². The van der Waals surface area contributed by atoms with E-state index in [1.54, 1.807) is 98.6 Å². The predicted molar refractivity (Wildman–Crippen MR) is 586 cm³/mol. The SMILES string of the molecule is CC(C)(C)c1cc(-c2ccc(Cl)cc2)nc2cc(C(=O)N3CCN(C4=CCN=C4)CC3(C)C)oc12.CC(C)(C)c1cc(-c2ccc(Cl)cc2)nc2cc(C(=O)N3CCN(c4ccc(C(=O)O)nc4)CC3(C)C)oc12.Cc1cc(-c2cc(C(C)(C)C)c3oc(C(=O)N4CCN(C5=CCN=C5)C(=O)C4(C)C)cc3n2)ccc1Cl.Cc1ccnc(N2CCN(C(=O)c3cc4nc(-c5ccc(Cl)c(F)c5)cc(C(C)(C)C)c4o3)C(C)(C)C2=O)n1. The molecule has 0 unspecified atom stereocenters. The maximum absolute atomic E-state index is 14.2. The number of aromatic nitrogens is 7. The molecule has 0 spiro atoms. The zero-order valence-electron chi connectivity index (χ0n) is 88.3. The number of carbonyl (C=O) groups excluding carboxylic acids is 6. The average Bonchev–Trinajstić information content (AvgIpc) is 1.33. The maximum Gasteiger partial charge on any atom is 0.354 e. The number of anilines is 2. The van der Waals surface area contributed by atoms with Crippen LogP contribution in [0.25, 0.3) is 89.4 Å². The lowest BCUT2D eigenvalue weighted by molar-refractivity contribution is -0.143. The van der Waals surface area contributed by atoms with Crippen molar-refractivity contribution in [3.05, 3.63) is 276 Å². The molecule has 29 nitrogen and oxygen atoms in total. The number of halogens is 5. The van der Waals surface area contributed by atoms with Crippen molar-refractivity contribution in [2.24, 2.45) is 9.98 Å². The lowest BCUT2D eigenvalue weighted by Crippen LogP contribution is -2.65. The Labute approximate surface area is 890 Å². The van der Waals surface area contributed by atoms with Gasteiger partial charge in [-0.15, -0.1) is 0 Å². The number of carboxylic acid groups (broad SMARTS) is 1. The topological polar surface area (TPSA) is 333 Å². The summed E-state index contributed by atoms with van der Waals surface area (Å²) in [6.45, 7) is 50.4.